The van der Waals surface area contributed by atoms with Crippen molar-refractivity contribution in [3.05, 3.63) is 39.5 Å². The maximum atomic E-state index is 14.8. The van der Waals surface area contributed by atoms with Gasteiger partial charge in [0.1, 0.15) is 5.52 Å². The van der Waals surface area contributed by atoms with E-state index in [1.807, 2.05) is 11.9 Å². The van der Waals surface area contributed by atoms with Crippen LogP contribution in [-0.4, -0.2) is 79.0 Å². The number of carbonyl (C=O) groups excluding carboxylic acids is 1. The fourth-order valence-electron chi connectivity index (χ4n) is 3.37. The minimum absolute atomic E-state index is 0.00388. The topological polar surface area (TPSA) is 98.0 Å². The molecule has 0 saturated carbocycles. The monoisotopic (exact) mass is 393 g/mol. The lowest BCUT2D eigenvalue weighted by molar-refractivity contribution is -0.469. The van der Waals surface area contributed by atoms with E-state index in [0.717, 1.165) is 24.1 Å². The van der Waals surface area contributed by atoms with Crippen LogP contribution in [0.1, 0.15) is 16.2 Å². The second kappa shape index (κ2) is 7.72. The van der Waals surface area contributed by atoms with E-state index < -0.39 is 11.7 Å². The van der Waals surface area contributed by atoms with Crippen LogP contribution in [0.5, 0.6) is 0 Å². The van der Waals surface area contributed by atoms with Gasteiger partial charge in [0.05, 0.1) is 28.5 Å². The second-order valence-corrected chi connectivity index (χ2v) is 7.06. The number of likely N-dealkylation sites (N-methyl/N-ethyl adjacent to an activating group) is 2. The molecule has 1 aliphatic rings. The van der Waals surface area contributed by atoms with E-state index in [4.69, 9.17) is 5.11 Å². The van der Waals surface area contributed by atoms with Crippen molar-refractivity contribution in [3.8, 4) is 0 Å². The number of hydrogen-bond donors (Lipinski definition) is 1. The molecule has 2 aromatic rings. The molecule has 9 nitrogen and oxygen atoms in total. The second-order valence-electron chi connectivity index (χ2n) is 7.06. The van der Waals surface area contributed by atoms with Gasteiger partial charge in [-0.15, -0.1) is 0 Å². The number of halogens is 1. The molecule has 0 unspecified atom stereocenters. The number of aliphatic hydroxyl groups is 1. The van der Waals surface area contributed by atoms with Crippen LogP contribution < -0.4 is 9.33 Å². The van der Waals surface area contributed by atoms with Crippen LogP contribution >= 0.6 is 0 Å². The summed E-state index contributed by atoms with van der Waals surface area (Å²) < 4.78 is 15.6. The molecule has 0 radical (unpaired) electrons. The molecule has 1 aromatic carbocycles. The Kier molecular flexibility index (Phi) is 5.52. The Bertz CT molecular complexity index is 969. The summed E-state index contributed by atoms with van der Waals surface area (Å²) in [5.74, 6) is -1.33. The fourth-order valence-corrected chi connectivity index (χ4v) is 3.37. The van der Waals surface area contributed by atoms with E-state index in [-0.39, 0.29) is 41.3 Å². The van der Waals surface area contributed by atoms with E-state index in [1.54, 1.807) is 0 Å². The van der Waals surface area contributed by atoms with Crippen molar-refractivity contribution in [2.75, 3.05) is 58.3 Å². The predicted octanol–water partition coefficient (Wildman–Crippen LogP) is 0.165. The average Bonchev–Trinajstić information content (AvgIpc) is 2.67. The summed E-state index contributed by atoms with van der Waals surface area (Å²) in [4.78, 5) is 30.4. The lowest BCUT2D eigenvalue weighted by Gasteiger charge is -2.34. The smallest absolute Gasteiger partial charge is 0.346 e. The average molecular weight is 393 g/mol. The number of hydrogen-bond acceptors (Lipinski definition) is 6. The zero-order valence-corrected chi connectivity index (χ0v) is 16.2. The summed E-state index contributed by atoms with van der Waals surface area (Å²) in [5.41, 5.74) is -0.402. The molecular weight excluding hydrogens is 369 g/mol. The molecule has 28 heavy (non-hydrogen) atoms. The van der Waals surface area contributed by atoms with Crippen LogP contribution in [0.25, 0.3) is 11.0 Å². The van der Waals surface area contributed by atoms with Crippen molar-refractivity contribution in [3.63, 3.8) is 0 Å². The molecule has 1 amide bonds. The molecule has 0 atom stereocenters. The summed E-state index contributed by atoms with van der Waals surface area (Å²) in [6, 6.07) is 2.38. The van der Waals surface area contributed by atoms with Gasteiger partial charge in [-0.05, 0) is 20.0 Å². The van der Waals surface area contributed by atoms with E-state index >= 15 is 0 Å². The van der Waals surface area contributed by atoms with Gasteiger partial charge in [-0.3, -0.25) is 4.79 Å². The van der Waals surface area contributed by atoms with Gasteiger partial charge in [0.2, 0.25) is 0 Å². The van der Waals surface area contributed by atoms with Crippen LogP contribution in [0.15, 0.2) is 12.1 Å². The number of aromatic nitrogens is 2. The largest absolute Gasteiger partial charge is 0.805 e. The molecular formula is C18H24FN5O4. The highest BCUT2D eigenvalue weighted by Crippen LogP contribution is 2.26. The predicted molar refractivity (Wildman–Crippen MR) is 103 cm³/mol. The summed E-state index contributed by atoms with van der Waals surface area (Å²) in [7, 11) is 3.39. The molecule has 10 heteroatoms. The number of piperazine rings is 1. The van der Waals surface area contributed by atoms with E-state index in [2.05, 4.69) is 4.90 Å². The molecule has 152 valence electrons. The Hall–Kier alpha value is -2.72. The molecule has 3 rings (SSSR count). The molecule has 2 heterocycles. The number of rotatable bonds is 4. The van der Waals surface area contributed by atoms with Crippen LogP contribution in [0.3, 0.4) is 0 Å². The fraction of sp³-hybridized carbons (Fsp3) is 0.500. The third-order valence-electron chi connectivity index (χ3n) is 5.16. The Balaban J connectivity index is 2.14. The van der Waals surface area contributed by atoms with Gasteiger partial charge in [-0.2, -0.15) is 0 Å². The number of anilines is 1. The third-order valence-corrected chi connectivity index (χ3v) is 5.16. The molecule has 1 aromatic heterocycles. The van der Waals surface area contributed by atoms with E-state index in [1.165, 1.54) is 20.0 Å². The van der Waals surface area contributed by atoms with Crippen molar-refractivity contribution in [2.45, 2.75) is 6.92 Å². The Morgan fingerprint density at radius 3 is 2.57 bits per heavy atom. The van der Waals surface area contributed by atoms with Crippen LogP contribution in [-0.2, 0) is 0 Å². The van der Waals surface area contributed by atoms with Crippen LogP contribution in [0.4, 0.5) is 10.1 Å². The first-order valence-corrected chi connectivity index (χ1v) is 9.05. The summed E-state index contributed by atoms with van der Waals surface area (Å²) in [5, 5.41) is 21.8. The molecule has 0 spiro atoms. The van der Waals surface area contributed by atoms with Gasteiger partial charge in [0.15, 0.2) is 5.82 Å². The Morgan fingerprint density at radius 1 is 1.32 bits per heavy atom. The number of nitrogens with zero attached hydrogens (tertiary/aromatic N) is 5. The van der Waals surface area contributed by atoms with E-state index in [9.17, 15) is 19.3 Å². The first-order valence-electron chi connectivity index (χ1n) is 9.05. The molecule has 1 N–H and O–H groups in total. The quantitative estimate of drug-likeness (QED) is 0.744. The SMILES string of the molecule is Cc1c(C(=O)N(C)CCO)[n+](=O)c2cc(F)c(N3CCN(C)CC3)cc2n1[O-]. The normalized spacial score (nSPS) is 15.2. The summed E-state index contributed by atoms with van der Waals surface area (Å²) in [6.07, 6.45) is 0. The highest BCUT2D eigenvalue weighted by molar-refractivity contribution is 5.93. The van der Waals surface area contributed by atoms with E-state index in [0.29, 0.717) is 22.2 Å². The molecule has 1 aliphatic heterocycles. The molecule has 0 aliphatic carbocycles. The van der Waals surface area contributed by atoms with Crippen molar-refractivity contribution < 1.29 is 18.7 Å². The zero-order valence-electron chi connectivity index (χ0n) is 16.2. The minimum Gasteiger partial charge on any atom is -0.805 e. The van der Waals surface area contributed by atoms with Gasteiger partial charge in [0, 0.05) is 44.7 Å². The maximum absolute atomic E-state index is 14.8. The highest BCUT2D eigenvalue weighted by atomic mass is 19.1. The zero-order chi connectivity index (χ0) is 20.6. The third kappa shape index (κ3) is 3.40. The van der Waals surface area contributed by atoms with Gasteiger partial charge in [0.25, 0.3) is 5.52 Å². The van der Waals surface area contributed by atoms with Crippen molar-refractivity contribution in [1.29, 1.82) is 0 Å². The number of carbonyl (C=O) groups is 1. The van der Waals surface area contributed by atoms with Crippen molar-refractivity contribution in [1.82, 2.24) is 14.5 Å². The minimum atomic E-state index is -0.711. The highest BCUT2D eigenvalue weighted by Gasteiger charge is 2.31. The number of aliphatic hydroxyl groups excluding tert-OH is 1. The van der Waals surface area contributed by atoms with Crippen LogP contribution in [0, 0.1) is 22.9 Å². The maximum Gasteiger partial charge on any atom is 0.346 e. The molecule has 0 bridgehead atoms. The standard InChI is InChI=1S/C18H24FN5O4/c1-12-17(18(26)21(3)8-9-25)24(28)15-10-13(19)14(11-16(15)23(12)27)22-6-4-20(2)5-7-22/h10-11,25H,4-9H2,1-3H3. The summed E-state index contributed by atoms with van der Waals surface area (Å²) >= 11 is 0. The lowest BCUT2D eigenvalue weighted by atomic mass is 10.2. The van der Waals surface area contributed by atoms with Crippen molar-refractivity contribution >= 4 is 22.6 Å². The first-order chi connectivity index (χ1) is 13.3. The number of benzene rings is 1. The lowest BCUT2D eigenvalue weighted by Crippen LogP contribution is -2.45. The van der Waals surface area contributed by atoms with Gasteiger partial charge in [-0.1, -0.05) is 0 Å². The van der Waals surface area contributed by atoms with Gasteiger partial charge < -0.3 is 29.7 Å². The summed E-state index contributed by atoms with van der Waals surface area (Å²) in [6.45, 7) is 3.84. The molecule has 1 fully saturated rings. The number of fused-ring (bicyclic) bond motifs is 1. The van der Waals surface area contributed by atoms with Crippen LogP contribution in [0.2, 0.25) is 0 Å². The van der Waals surface area contributed by atoms with Crippen molar-refractivity contribution in [2.24, 2.45) is 0 Å². The Labute approximate surface area is 161 Å². The number of amides is 1. The first kappa shape index (κ1) is 20.0. The Morgan fingerprint density at radius 2 is 1.96 bits per heavy atom. The van der Waals surface area contributed by atoms with Gasteiger partial charge in [-0.25, -0.2) is 4.39 Å². The van der Waals surface area contributed by atoms with Gasteiger partial charge >= 0.3 is 11.6 Å². The molecule has 1 saturated heterocycles.